The lowest BCUT2D eigenvalue weighted by atomic mass is 10.2. The first-order valence-electron chi connectivity index (χ1n) is 5.35. The lowest BCUT2D eigenvalue weighted by molar-refractivity contribution is -0.134. The van der Waals surface area contributed by atoms with E-state index in [-0.39, 0.29) is 5.70 Å². The summed E-state index contributed by atoms with van der Waals surface area (Å²) in [5, 5.41) is 13.6. The molecule has 0 fully saturated rings. The number of rotatable bonds is 5. The second-order valence-electron chi connectivity index (χ2n) is 2.94. The normalized spacial score (nSPS) is 8.59. The van der Waals surface area contributed by atoms with Gasteiger partial charge in [-0.25, -0.2) is 4.79 Å². The highest BCUT2D eigenvalue weighted by Crippen LogP contribution is 2.09. The van der Waals surface area contributed by atoms with Crippen LogP contribution >= 0.6 is 0 Å². The number of carboxylic acid groups (broad SMARTS) is 1. The van der Waals surface area contributed by atoms with Gasteiger partial charge in [-0.05, 0) is 5.56 Å². The molecule has 1 aromatic rings. The molecule has 0 unspecified atom stereocenters. The van der Waals surface area contributed by atoms with Gasteiger partial charge < -0.3 is 5.11 Å². The second kappa shape index (κ2) is 8.10. The van der Waals surface area contributed by atoms with Gasteiger partial charge in [0.15, 0.2) is 0 Å². The van der Waals surface area contributed by atoms with Crippen LogP contribution in [0.15, 0.2) is 47.7 Å². The zero-order valence-electron chi connectivity index (χ0n) is 10.3. The lowest BCUT2D eigenvalue weighted by Crippen LogP contribution is -2.20. The Hall–Kier alpha value is -2.10. The van der Waals surface area contributed by atoms with Gasteiger partial charge in [-0.3, -0.25) is 5.01 Å². The van der Waals surface area contributed by atoms with Crippen LogP contribution in [-0.2, 0) is 11.3 Å². The van der Waals surface area contributed by atoms with E-state index in [4.69, 9.17) is 5.11 Å². The Balaban J connectivity index is 0.00000121. The summed E-state index contributed by atoms with van der Waals surface area (Å²) >= 11 is 0. The molecule has 0 aliphatic heterocycles. The maximum absolute atomic E-state index is 10.7. The maximum atomic E-state index is 10.7. The average Bonchev–Trinajstić information content (AvgIpc) is 2.38. The first-order valence-corrected chi connectivity index (χ1v) is 5.35. The third-order valence-electron chi connectivity index (χ3n) is 1.90. The number of nitrogens with zero attached hydrogens (tertiary/aromatic N) is 2. The molecule has 17 heavy (non-hydrogen) atoms. The summed E-state index contributed by atoms with van der Waals surface area (Å²) < 4.78 is 0. The van der Waals surface area contributed by atoms with E-state index < -0.39 is 5.97 Å². The summed E-state index contributed by atoms with van der Waals surface area (Å²) in [6, 6.07) is 9.40. The fraction of sp³-hybridized carbons (Fsp3) is 0.231. The summed E-state index contributed by atoms with van der Waals surface area (Å²) in [5.74, 6) is -1.10. The molecule has 0 saturated heterocycles. The molecule has 0 aliphatic carbocycles. The van der Waals surface area contributed by atoms with E-state index in [1.807, 2.05) is 44.2 Å². The van der Waals surface area contributed by atoms with Crippen LogP contribution in [0.25, 0.3) is 0 Å². The molecule has 0 atom stereocenters. The van der Waals surface area contributed by atoms with Crippen LogP contribution in [0.5, 0.6) is 0 Å². The van der Waals surface area contributed by atoms with Gasteiger partial charge in [0.2, 0.25) is 0 Å². The minimum absolute atomic E-state index is 0.0890. The molecule has 0 bridgehead atoms. The zero-order chi connectivity index (χ0) is 13.3. The maximum Gasteiger partial charge on any atom is 0.353 e. The fourth-order valence-electron chi connectivity index (χ4n) is 1.10. The van der Waals surface area contributed by atoms with E-state index in [2.05, 4.69) is 18.4 Å². The van der Waals surface area contributed by atoms with Gasteiger partial charge in [-0.2, -0.15) is 5.10 Å². The minimum atomic E-state index is -1.10. The van der Waals surface area contributed by atoms with Gasteiger partial charge in [0.25, 0.3) is 0 Å². The van der Waals surface area contributed by atoms with Crippen LogP contribution in [-0.4, -0.2) is 22.8 Å². The summed E-state index contributed by atoms with van der Waals surface area (Å²) in [6.45, 7) is 11.1. The Bertz CT molecular complexity index is 374. The lowest BCUT2D eigenvalue weighted by Gasteiger charge is -2.17. The standard InChI is InChI=1S/C11H12N2O2.C2H6/c1-9(11(14)15)13(12-2)8-10-6-4-3-5-7-10;1-2/h3-7H,1-2,8H2,(H,14,15);1-2H3. The molecule has 0 aromatic heterocycles. The van der Waals surface area contributed by atoms with E-state index in [9.17, 15) is 4.79 Å². The molecule has 0 aliphatic rings. The summed E-state index contributed by atoms with van der Waals surface area (Å²) in [5.41, 5.74) is 0.862. The number of hydrazone groups is 1. The van der Waals surface area contributed by atoms with E-state index in [0.29, 0.717) is 6.54 Å². The monoisotopic (exact) mass is 234 g/mol. The van der Waals surface area contributed by atoms with Crippen LogP contribution in [0, 0.1) is 0 Å². The van der Waals surface area contributed by atoms with E-state index in [1.54, 1.807) is 0 Å². The number of aliphatic carboxylic acids is 1. The topological polar surface area (TPSA) is 52.9 Å². The first-order chi connectivity index (χ1) is 8.15. The highest BCUT2D eigenvalue weighted by atomic mass is 16.4. The fourth-order valence-corrected chi connectivity index (χ4v) is 1.10. The van der Waals surface area contributed by atoms with Gasteiger partial charge in [0, 0.05) is 6.72 Å². The van der Waals surface area contributed by atoms with Crippen molar-refractivity contribution in [2.75, 3.05) is 0 Å². The van der Waals surface area contributed by atoms with Gasteiger partial charge >= 0.3 is 5.97 Å². The van der Waals surface area contributed by atoms with Gasteiger partial charge in [-0.1, -0.05) is 50.8 Å². The molecular weight excluding hydrogens is 216 g/mol. The number of carboxylic acids is 1. The Morgan fingerprint density at radius 1 is 1.35 bits per heavy atom. The highest BCUT2D eigenvalue weighted by Gasteiger charge is 2.12. The van der Waals surface area contributed by atoms with E-state index >= 15 is 0 Å². The second-order valence-corrected chi connectivity index (χ2v) is 2.94. The molecule has 4 heteroatoms. The molecule has 1 rings (SSSR count). The molecule has 4 nitrogen and oxygen atoms in total. The van der Waals surface area contributed by atoms with Crippen molar-refractivity contribution in [3.05, 3.63) is 48.2 Å². The molecule has 92 valence electrons. The Kier molecular flexibility index (Phi) is 7.10. The largest absolute Gasteiger partial charge is 0.477 e. The zero-order valence-corrected chi connectivity index (χ0v) is 10.3. The number of hydrogen-bond acceptors (Lipinski definition) is 3. The molecule has 1 aromatic carbocycles. The van der Waals surface area contributed by atoms with Crippen molar-refractivity contribution in [2.45, 2.75) is 20.4 Å². The van der Waals surface area contributed by atoms with Crippen molar-refractivity contribution in [3.8, 4) is 0 Å². The SMILES string of the molecule is C=NN(Cc1ccccc1)C(=C)C(=O)O.CC. The van der Waals surface area contributed by atoms with Crippen LogP contribution in [0.2, 0.25) is 0 Å². The molecule has 0 amide bonds. The Labute approximate surface area is 102 Å². The predicted molar refractivity (Wildman–Crippen MR) is 69.7 cm³/mol. The van der Waals surface area contributed by atoms with Crippen molar-refractivity contribution >= 4 is 12.7 Å². The quantitative estimate of drug-likeness (QED) is 0.484. The number of benzene rings is 1. The third kappa shape index (κ3) is 4.97. The molecule has 0 heterocycles. The average molecular weight is 234 g/mol. The highest BCUT2D eigenvalue weighted by molar-refractivity contribution is 5.85. The van der Waals surface area contributed by atoms with Crippen LogP contribution < -0.4 is 0 Å². The van der Waals surface area contributed by atoms with Gasteiger partial charge in [0.1, 0.15) is 5.70 Å². The molecule has 0 spiro atoms. The molecule has 1 N–H and O–H groups in total. The van der Waals surface area contributed by atoms with Crippen molar-refractivity contribution in [1.29, 1.82) is 0 Å². The van der Waals surface area contributed by atoms with Crippen LogP contribution in [0.1, 0.15) is 19.4 Å². The number of hydrogen-bond donors (Lipinski definition) is 1. The smallest absolute Gasteiger partial charge is 0.353 e. The Morgan fingerprint density at radius 2 is 1.88 bits per heavy atom. The summed E-state index contributed by atoms with van der Waals surface area (Å²) in [4.78, 5) is 10.7. The van der Waals surface area contributed by atoms with Crippen LogP contribution in [0.3, 0.4) is 0 Å². The van der Waals surface area contributed by atoms with Crippen molar-refractivity contribution in [3.63, 3.8) is 0 Å². The van der Waals surface area contributed by atoms with Crippen molar-refractivity contribution in [1.82, 2.24) is 5.01 Å². The van der Waals surface area contributed by atoms with Gasteiger partial charge in [0.05, 0.1) is 6.54 Å². The number of carbonyl (C=O) groups is 1. The van der Waals surface area contributed by atoms with Crippen molar-refractivity contribution < 1.29 is 9.90 Å². The first kappa shape index (κ1) is 14.9. The van der Waals surface area contributed by atoms with Crippen molar-refractivity contribution in [2.24, 2.45) is 5.10 Å². The Morgan fingerprint density at radius 3 is 2.29 bits per heavy atom. The van der Waals surface area contributed by atoms with Gasteiger partial charge in [-0.15, -0.1) is 0 Å². The molecular formula is C13H18N2O2. The third-order valence-corrected chi connectivity index (χ3v) is 1.90. The summed E-state index contributed by atoms with van der Waals surface area (Å²) in [7, 11) is 0. The van der Waals surface area contributed by atoms with Crippen LogP contribution in [0.4, 0.5) is 0 Å². The molecule has 0 radical (unpaired) electrons. The van der Waals surface area contributed by atoms with E-state index in [0.717, 1.165) is 5.56 Å². The summed E-state index contributed by atoms with van der Waals surface area (Å²) in [6.07, 6.45) is 0. The predicted octanol–water partition coefficient (Wildman–Crippen LogP) is 2.73. The minimum Gasteiger partial charge on any atom is -0.477 e. The van der Waals surface area contributed by atoms with E-state index in [1.165, 1.54) is 5.01 Å². The molecule has 0 saturated carbocycles.